The first-order valence-electron chi connectivity index (χ1n) is 9.94. The number of rotatable bonds is 2. The van der Waals surface area contributed by atoms with E-state index < -0.39 is 5.41 Å². The number of fused-ring (bicyclic) bond motifs is 2. The van der Waals surface area contributed by atoms with Gasteiger partial charge < -0.3 is 4.74 Å². The topological polar surface area (TPSA) is 43.4 Å². The van der Waals surface area contributed by atoms with Crippen molar-refractivity contribution in [3.8, 4) is 5.75 Å². The smallest absolute Gasteiger partial charge is 0.323 e. The molecule has 0 amide bonds. The maximum atomic E-state index is 13.8. The van der Waals surface area contributed by atoms with Crippen LogP contribution in [-0.4, -0.2) is 11.8 Å². The molecule has 1 fully saturated rings. The lowest BCUT2D eigenvalue weighted by molar-refractivity contribution is -0.142. The minimum absolute atomic E-state index is 0.150. The van der Waals surface area contributed by atoms with E-state index in [1.807, 2.05) is 66.7 Å². The van der Waals surface area contributed by atoms with E-state index in [1.165, 1.54) is 0 Å². The van der Waals surface area contributed by atoms with Crippen molar-refractivity contribution >= 4 is 59.5 Å². The zero-order valence-corrected chi connectivity index (χ0v) is 21.0. The Morgan fingerprint density at radius 2 is 1.29 bits per heavy atom. The molecule has 1 spiro atoms. The number of hydrogen-bond acceptors (Lipinski definition) is 3. The number of carbonyl (C=O) groups is 2. The average Bonchev–Trinajstić information content (AvgIpc) is 3.01. The average molecular weight is 605 g/mol. The second-order valence-corrected chi connectivity index (χ2v) is 10.8. The fourth-order valence-corrected chi connectivity index (χ4v) is 6.38. The quantitative estimate of drug-likeness (QED) is 0.232. The highest BCUT2D eigenvalue weighted by Gasteiger charge is 2.62. The predicted octanol–water partition coefficient (Wildman–Crippen LogP) is 7.06. The molecular formula is C25H17Br3O3. The highest BCUT2D eigenvalue weighted by molar-refractivity contribution is 9.11. The van der Waals surface area contributed by atoms with Crippen molar-refractivity contribution in [2.24, 2.45) is 0 Å². The lowest BCUT2D eigenvalue weighted by atomic mass is 9.54. The van der Waals surface area contributed by atoms with Gasteiger partial charge in [0.25, 0.3) is 0 Å². The molecule has 2 aliphatic rings. The first-order chi connectivity index (χ1) is 14.9. The summed E-state index contributed by atoms with van der Waals surface area (Å²) in [4.78, 5) is 26.8. The van der Waals surface area contributed by atoms with E-state index in [1.54, 1.807) is 0 Å². The van der Waals surface area contributed by atoms with Crippen molar-refractivity contribution in [2.45, 2.75) is 30.1 Å². The Hall–Kier alpha value is -1.76. The van der Waals surface area contributed by atoms with Gasteiger partial charge in [0.2, 0.25) is 0 Å². The summed E-state index contributed by atoms with van der Waals surface area (Å²) < 4.78 is 8.57. The zero-order valence-electron chi connectivity index (χ0n) is 16.3. The maximum absolute atomic E-state index is 13.8. The molecule has 3 nitrogen and oxygen atoms in total. The van der Waals surface area contributed by atoms with Crippen LogP contribution < -0.4 is 4.74 Å². The Kier molecular flexibility index (Phi) is 5.43. The highest BCUT2D eigenvalue weighted by atomic mass is 79.9. The van der Waals surface area contributed by atoms with E-state index in [0.717, 1.165) is 30.1 Å². The van der Waals surface area contributed by atoms with E-state index in [2.05, 4.69) is 47.8 Å². The van der Waals surface area contributed by atoms with E-state index >= 15 is 0 Å². The molecule has 3 aromatic rings. The molecule has 0 bridgehead atoms. The van der Waals surface area contributed by atoms with Gasteiger partial charge in [-0.1, -0.05) is 72.1 Å². The molecule has 2 atom stereocenters. The standard InChI is InChI=1S/C25H17Br3O3/c26-16-5-1-3-14(9-16)20-12-19(29)13-21(15-4-2-6-17(27)10-15)25(20)22-11-18(28)7-8-23(22)31-24(25)30/h1-11,20-21H,12-13H2/t20-,21-/m1/s1. The molecule has 1 heterocycles. The molecule has 0 radical (unpaired) electrons. The van der Waals surface area contributed by atoms with Crippen LogP contribution in [0.2, 0.25) is 0 Å². The molecule has 0 unspecified atom stereocenters. The summed E-state index contributed by atoms with van der Waals surface area (Å²) in [6.07, 6.45) is 0.587. The van der Waals surface area contributed by atoms with Crippen LogP contribution >= 0.6 is 47.8 Å². The Morgan fingerprint density at radius 1 is 0.742 bits per heavy atom. The third kappa shape index (κ3) is 3.43. The molecule has 156 valence electrons. The van der Waals surface area contributed by atoms with Gasteiger partial charge in [0.1, 0.15) is 16.9 Å². The van der Waals surface area contributed by atoms with Crippen LogP contribution in [0.3, 0.4) is 0 Å². The fourth-order valence-electron chi connectivity index (χ4n) is 5.18. The van der Waals surface area contributed by atoms with Crippen LogP contribution in [0.25, 0.3) is 0 Å². The molecule has 3 aromatic carbocycles. The van der Waals surface area contributed by atoms with Gasteiger partial charge in [0.15, 0.2) is 0 Å². The molecule has 31 heavy (non-hydrogen) atoms. The third-order valence-electron chi connectivity index (χ3n) is 6.39. The Morgan fingerprint density at radius 3 is 1.84 bits per heavy atom. The summed E-state index contributed by atoms with van der Waals surface area (Å²) in [7, 11) is 0. The van der Waals surface area contributed by atoms with E-state index in [4.69, 9.17) is 4.74 Å². The second-order valence-electron chi connectivity index (χ2n) is 8.06. The first kappa shape index (κ1) is 21.1. The molecule has 1 aliphatic heterocycles. The van der Waals surface area contributed by atoms with E-state index in [-0.39, 0.29) is 23.6 Å². The number of hydrogen-bond donors (Lipinski definition) is 0. The Labute approximate surface area is 205 Å². The van der Waals surface area contributed by atoms with Crippen molar-refractivity contribution < 1.29 is 14.3 Å². The van der Waals surface area contributed by atoms with Gasteiger partial charge in [0.05, 0.1) is 0 Å². The predicted molar refractivity (Wildman–Crippen MR) is 129 cm³/mol. The van der Waals surface area contributed by atoms with Gasteiger partial charge >= 0.3 is 5.97 Å². The lowest BCUT2D eigenvalue weighted by Gasteiger charge is -2.45. The van der Waals surface area contributed by atoms with E-state index in [0.29, 0.717) is 18.6 Å². The minimum atomic E-state index is -0.991. The monoisotopic (exact) mass is 602 g/mol. The molecule has 1 aliphatic carbocycles. The zero-order chi connectivity index (χ0) is 21.8. The number of benzene rings is 3. The SMILES string of the molecule is O=C1C[C@H](c2cccc(Br)c2)C2(C(=O)Oc3ccc(Br)cc32)[C@@H](c2cccc(Br)c2)C1. The number of ether oxygens (including phenoxy) is 1. The van der Waals surface area contributed by atoms with Crippen LogP contribution in [-0.2, 0) is 15.0 Å². The largest absolute Gasteiger partial charge is 0.426 e. The summed E-state index contributed by atoms with van der Waals surface area (Å²) in [6, 6.07) is 21.5. The van der Waals surface area contributed by atoms with Crippen LogP contribution in [0.5, 0.6) is 5.75 Å². The molecule has 5 rings (SSSR count). The maximum Gasteiger partial charge on any atom is 0.323 e. The summed E-state index contributed by atoms with van der Waals surface area (Å²) in [5.74, 6) is -0.237. The first-order valence-corrected chi connectivity index (χ1v) is 12.3. The normalized spacial score (nSPS) is 21.8. The van der Waals surface area contributed by atoms with Crippen molar-refractivity contribution in [1.29, 1.82) is 0 Å². The van der Waals surface area contributed by atoms with Crippen molar-refractivity contribution in [2.75, 3.05) is 0 Å². The molecular weight excluding hydrogens is 588 g/mol. The van der Waals surface area contributed by atoms with Gasteiger partial charge in [-0.25, -0.2) is 0 Å². The summed E-state index contributed by atoms with van der Waals surface area (Å²) >= 11 is 10.7. The molecule has 0 aromatic heterocycles. The number of Topliss-reactive ketones (excluding diaryl/α,β-unsaturated/α-hetero) is 1. The molecule has 0 N–H and O–H groups in total. The summed E-state index contributed by atoms with van der Waals surface area (Å²) in [6.45, 7) is 0. The van der Waals surface area contributed by atoms with Gasteiger partial charge in [-0.2, -0.15) is 0 Å². The van der Waals surface area contributed by atoms with Crippen LogP contribution in [0, 0.1) is 0 Å². The van der Waals surface area contributed by atoms with Crippen LogP contribution in [0.15, 0.2) is 80.1 Å². The summed E-state index contributed by atoms with van der Waals surface area (Å²) in [5.41, 5.74) is 1.75. The fraction of sp³-hybridized carbons (Fsp3) is 0.200. The molecule has 0 saturated heterocycles. The summed E-state index contributed by atoms with van der Waals surface area (Å²) in [5, 5.41) is 0. The van der Waals surface area contributed by atoms with Gasteiger partial charge in [0, 0.05) is 43.7 Å². The van der Waals surface area contributed by atoms with Gasteiger partial charge in [-0.15, -0.1) is 0 Å². The van der Waals surface area contributed by atoms with Crippen molar-refractivity contribution in [3.05, 3.63) is 96.8 Å². The van der Waals surface area contributed by atoms with Gasteiger partial charge in [-0.3, -0.25) is 9.59 Å². The number of halogens is 3. The Balaban J connectivity index is 1.82. The lowest BCUT2D eigenvalue weighted by Crippen LogP contribution is -2.49. The van der Waals surface area contributed by atoms with Gasteiger partial charge in [-0.05, 0) is 53.6 Å². The van der Waals surface area contributed by atoms with Crippen LogP contribution in [0.1, 0.15) is 41.4 Å². The molecule has 1 saturated carbocycles. The second kappa shape index (κ2) is 7.98. The number of ketones is 1. The third-order valence-corrected chi connectivity index (χ3v) is 7.87. The van der Waals surface area contributed by atoms with Crippen molar-refractivity contribution in [1.82, 2.24) is 0 Å². The highest BCUT2D eigenvalue weighted by Crippen LogP contribution is 2.61. The van der Waals surface area contributed by atoms with E-state index in [9.17, 15) is 9.59 Å². The minimum Gasteiger partial charge on any atom is -0.426 e. The Bertz CT molecular complexity index is 1160. The number of esters is 1. The number of carbonyl (C=O) groups excluding carboxylic acids is 2. The molecule has 6 heteroatoms. The van der Waals surface area contributed by atoms with Crippen LogP contribution in [0.4, 0.5) is 0 Å². The van der Waals surface area contributed by atoms with Crippen molar-refractivity contribution in [3.63, 3.8) is 0 Å².